The van der Waals surface area contributed by atoms with Crippen LogP contribution in [0.4, 0.5) is 0 Å². The minimum absolute atomic E-state index is 0.175. The third kappa shape index (κ3) is 3.47. The monoisotopic (exact) mass is 370 g/mol. The summed E-state index contributed by atoms with van der Waals surface area (Å²) in [6.45, 7) is 4.20. The number of fused-ring (bicyclic) bond motifs is 1. The van der Waals surface area contributed by atoms with Crippen LogP contribution in [0.25, 0.3) is 16.3 Å². The minimum atomic E-state index is -0.219. The summed E-state index contributed by atoms with van der Waals surface area (Å²) >= 11 is 1.61. The van der Waals surface area contributed by atoms with Crippen LogP contribution in [0.5, 0.6) is 0 Å². The highest BCUT2D eigenvalue weighted by atomic mass is 32.1. The van der Waals surface area contributed by atoms with Crippen LogP contribution in [0.3, 0.4) is 0 Å². The Bertz CT molecular complexity index is 884. The topological polar surface area (TPSA) is 75.4 Å². The lowest BCUT2D eigenvalue weighted by Crippen LogP contribution is -2.46. The van der Waals surface area contributed by atoms with Crippen molar-refractivity contribution < 1.29 is 4.79 Å². The van der Waals surface area contributed by atoms with Crippen molar-refractivity contribution in [2.24, 2.45) is 0 Å². The SMILES string of the molecule is CC(NCc1ccc2nnc(-c3cccs3)n2n1)C(=O)N1CCCCC1. The number of nitrogens with zero attached hydrogens (tertiary/aromatic N) is 5. The van der Waals surface area contributed by atoms with Gasteiger partial charge in [-0.25, -0.2) is 0 Å². The Kier molecular flexibility index (Phi) is 4.94. The van der Waals surface area contributed by atoms with Gasteiger partial charge >= 0.3 is 0 Å². The number of likely N-dealkylation sites (tertiary alicyclic amines) is 1. The molecule has 0 spiro atoms. The summed E-state index contributed by atoms with van der Waals surface area (Å²) in [5, 5.41) is 18.4. The van der Waals surface area contributed by atoms with Crippen molar-refractivity contribution in [1.29, 1.82) is 0 Å². The van der Waals surface area contributed by atoms with Gasteiger partial charge in [0.15, 0.2) is 11.5 Å². The molecule has 1 fully saturated rings. The average molecular weight is 370 g/mol. The van der Waals surface area contributed by atoms with Crippen LogP contribution in [0.1, 0.15) is 31.9 Å². The maximum atomic E-state index is 12.5. The second kappa shape index (κ2) is 7.51. The molecule has 4 heterocycles. The molecule has 1 aliphatic heterocycles. The molecular formula is C18H22N6OS. The lowest BCUT2D eigenvalue weighted by molar-refractivity contribution is -0.133. The summed E-state index contributed by atoms with van der Waals surface area (Å²) in [5.41, 5.74) is 1.57. The lowest BCUT2D eigenvalue weighted by atomic mass is 10.1. The van der Waals surface area contributed by atoms with E-state index >= 15 is 0 Å². The zero-order valence-electron chi connectivity index (χ0n) is 14.8. The van der Waals surface area contributed by atoms with E-state index in [1.54, 1.807) is 15.9 Å². The normalized spacial score (nSPS) is 16.1. The molecule has 1 atom stereocenters. The predicted molar refractivity (Wildman–Crippen MR) is 101 cm³/mol. The van der Waals surface area contributed by atoms with Crippen molar-refractivity contribution in [2.45, 2.75) is 38.8 Å². The second-order valence-corrected chi connectivity index (χ2v) is 7.53. The van der Waals surface area contributed by atoms with E-state index in [4.69, 9.17) is 0 Å². The third-order valence-corrected chi connectivity index (χ3v) is 5.55. The number of hydrogen-bond acceptors (Lipinski definition) is 6. The molecule has 3 aromatic rings. The molecule has 0 aromatic carbocycles. The molecule has 0 bridgehead atoms. The Morgan fingerprint density at radius 3 is 2.85 bits per heavy atom. The molecule has 26 heavy (non-hydrogen) atoms. The van der Waals surface area contributed by atoms with Crippen molar-refractivity contribution in [1.82, 2.24) is 30.0 Å². The number of carbonyl (C=O) groups is 1. The van der Waals surface area contributed by atoms with E-state index in [9.17, 15) is 4.79 Å². The highest BCUT2D eigenvalue weighted by Crippen LogP contribution is 2.22. The van der Waals surface area contributed by atoms with E-state index in [1.165, 1.54) is 6.42 Å². The van der Waals surface area contributed by atoms with E-state index in [0.717, 1.165) is 48.0 Å². The molecule has 0 saturated carbocycles. The van der Waals surface area contributed by atoms with Crippen molar-refractivity contribution in [2.75, 3.05) is 13.1 Å². The van der Waals surface area contributed by atoms with E-state index in [-0.39, 0.29) is 11.9 Å². The molecule has 8 heteroatoms. The Morgan fingerprint density at radius 1 is 1.23 bits per heavy atom. The largest absolute Gasteiger partial charge is 0.341 e. The van der Waals surface area contributed by atoms with Gasteiger partial charge in [0.1, 0.15) is 0 Å². The summed E-state index contributed by atoms with van der Waals surface area (Å²) in [7, 11) is 0. The van der Waals surface area contributed by atoms with Gasteiger partial charge in [0.2, 0.25) is 5.91 Å². The van der Waals surface area contributed by atoms with Gasteiger partial charge in [-0.15, -0.1) is 21.5 Å². The number of carbonyl (C=O) groups excluding carboxylic acids is 1. The fraction of sp³-hybridized carbons (Fsp3) is 0.444. The quantitative estimate of drug-likeness (QED) is 0.746. The third-order valence-electron chi connectivity index (χ3n) is 4.69. The van der Waals surface area contributed by atoms with Crippen molar-refractivity contribution in [3.63, 3.8) is 0 Å². The van der Waals surface area contributed by atoms with Gasteiger partial charge in [-0.05, 0) is 49.8 Å². The molecule has 1 aliphatic rings. The van der Waals surface area contributed by atoms with Gasteiger partial charge in [0.25, 0.3) is 0 Å². The highest BCUT2D eigenvalue weighted by molar-refractivity contribution is 7.13. The van der Waals surface area contributed by atoms with Crippen LogP contribution in [0.15, 0.2) is 29.6 Å². The zero-order valence-corrected chi connectivity index (χ0v) is 15.6. The summed E-state index contributed by atoms with van der Waals surface area (Å²) in [6.07, 6.45) is 3.44. The van der Waals surface area contributed by atoms with E-state index in [2.05, 4.69) is 20.6 Å². The standard InChI is InChI=1S/C18H22N6OS/c1-13(18(25)23-9-3-2-4-10-23)19-12-14-7-8-16-20-21-17(24(16)22-14)15-6-5-11-26-15/h5-8,11,13,19H,2-4,9-10,12H2,1H3. The smallest absolute Gasteiger partial charge is 0.239 e. The Balaban J connectivity index is 1.45. The van der Waals surface area contributed by atoms with Crippen LogP contribution in [0.2, 0.25) is 0 Å². The van der Waals surface area contributed by atoms with Gasteiger partial charge in [0.05, 0.1) is 16.6 Å². The van der Waals surface area contributed by atoms with Crippen LogP contribution in [-0.4, -0.2) is 49.7 Å². The molecule has 1 saturated heterocycles. The van der Waals surface area contributed by atoms with E-state index in [1.807, 2.05) is 41.5 Å². The van der Waals surface area contributed by atoms with Crippen LogP contribution < -0.4 is 5.32 Å². The zero-order chi connectivity index (χ0) is 17.9. The Labute approximate surface area is 156 Å². The number of amides is 1. The van der Waals surface area contributed by atoms with Crippen LogP contribution in [0, 0.1) is 0 Å². The second-order valence-electron chi connectivity index (χ2n) is 6.58. The van der Waals surface area contributed by atoms with Crippen LogP contribution in [-0.2, 0) is 11.3 Å². The summed E-state index contributed by atoms with van der Waals surface area (Å²) in [4.78, 5) is 15.5. The van der Waals surface area contributed by atoms with Gasteiger partial charge < -0.3 is 10.2 Å². The molecule has 0 radical (unpaired) electrons. The number of thiophene rings is 1. The van der Waals surface area contributed by atoms with Gasteiger partial charge in [0, 0.05) is 19.6 Å². The maximum absolute atomic E-state index is 12.5. The van der Waals surface area contributed by atoms with Crippen molar-refractivity contribution in [3.05, 3.63) is 35.3 Å². The summed E-state index contributed by atoms with van der Waals surface area (Å²) < 4.78 is 1.76. The van der Waals surface area contributed by atoms with Crippen molar-refractivity contribution >= 4 is 22.9 Å². The first kappa shape index (κ1) is 17.1. The predicted octanol–water partition coefficient (Wildman–Crippen LogP) is 2.34. The molecule has 1 N–H and O–H groups in total. The molecule has 136 valence electrons. The van der Waals surface area contributed by atoms with Gasteiger partial charge in [-0.2, -0.15) is 9.61 Å². The molecule has 1 unspecified atom stereocenters. The fourth-order valence-corrected chi connectivity index (χ4v) is 3.91. The van der Waals surface area contributed by atoms with Gasteiger partial charge in [-0.1, -0.05) is 6.07 Å². The number of aromatic nitrogens is 4. The first-order valence-corrected chi connectivity index (χ1v) is 9.88. The maximum Gasteiger partial charge on any atom is 0.239 e. The van der Waals surface area contributed by atoms with E-state index < -0.39 is 0 Å². The minimum Gasteiger partial charge on any atom is -0.341 e. The van der Waals surface area contributed by atoms with Gasteiger partial charge in [-0.3, -0.25) is 4.79 Å². The molecule has 7 nitrogen and oxygen atoms in total. The first-order valence-electron chi connectivity index (χ1n) is 9.00. The number of piperidine rings is 1. The fourth-order valence-electron chi connectivity index (χ4n) is 3.21. The molecule has 0 aliphatic carbocycles. The van der Waals surface area contributed by atoms with Crippen molar-refractivity contribution in [3.8, 4) is 10.7 Å². The van der Waals surface area contributed by atoms with Crippen LogP contribution >= 0.6 is 11.3 Å². The average Bonchev–Trinajstić information content (AvgIpc) is 3.35. The summed E-state index contributed by atoms with van der Waals surface area (Å²) in [5.74, 6) is 0.920. The molecule has 4 rings (SSSR count). The summed E-state index contributed by atoms with van der Waals surface area (Å²) in [6, 6.07) is 7.61. The Hall–Kier alpha value is -2.32. The molecule has 3 aromatic heterocycles. The lowest BCUT2D eigenvalue weighted by Gasteiger charge is -2.29. The number of nitrogens with one attached hydrogen (secondary N) is 1. The molecular weight excluding hydrogens is 348 g/mol. The number of hydrogen-bond donors (Lipinski definition) is 1. The molecule has 1 amide bonds. The Morgan fingerprint density at radius 2 is 2.08 bits per heavy atom. The highest BCUT2D eigenvalue weighted by Gasteiger charge is 2.21. The van der Waals surface area contributed by atoms with E-state index in [0.29, 0.717) is 6.54 Å². The number of rotatable bonds is 5. The first-order chi connectivity index (χ1) is 12.7.